The van der Waals surface area contributed by atoms with Gasteiger partial charge in [0.15, 0.2) is 11.5 Å². The molecule has 0 fully saturated rings. The van der Waals surface area contributed by atoms with E-state index in [1.165, 1.54) is 11.8 Å². The fourth-order valence-corrected chi connectivity index (χ4v) is 2.54. The summed E-state index contributed by atoms with van der Waals surface area (Å²) in [6, 6.07) is 5.68. The molecule has 1 unspecified atom stereocenters. The van der Waals surface area contributed by atoms with E-state index >= 15 is 0 Å². The topological polar surface area (TPSA) is 61.6 Å². The predicted molar refractivity (Wildman–Crippen MR) is 66.6 cm³/mol. The molecule has 1 atom stereocenters. The summed E-state index contributed by atoms with van der Waals surface area (Å²) in [5, 5.41) is -0.197. The summed E-state index contributed by atoms with van der Waals surface area (Å²) in [6.45, 7) is 3.09. The van der Waals surface area contributed by atoms with Crippen molar-refractivity contribution in [1.82, 2.24) is 0 Å². The summed E-state index contributed by atoms with van der Waals surface area (Å²) in [4.78, 5) is 12.1. The van der Waals surface area contributed by atoms with Crippen LogP contribution in [-0.4, -0.2) is 24.4 Å². The third kappa shape index (κ3) is 2.85. The number of amides is 1. The minimum atomic E-state index is -0.285. The Morgan fingerprint density at radius 2 is 2.12 bits per heavy atom. The van der Waals surface area contributed by atoms with E-state index in [-0.39, 0.29) is 11.2 Å². The molecule has 0 spiro atoms. The van der Waals surface area contributed by atoms with Gasteiger partial charge in [0.1, 0.15) is 13.2 Å². The van der Waals surface area contributed by atoms with Crippen molar-refractivity contribution in [2.75, 3.05) is 13.2 Å². The fraction of sp³-hybridized carbons (Fsp3) is 0.417. The summed E-state index contributed by atoms with van der Waals surface area (Å²) in [5.41, 5.74) is 5.32. The first-order chi connectivity index (χ1) is 8.20. The number of nitrogens with two attached hydrogens (primary N) is 1. The van der Waals surface area contributed by atoms with E-state index in [1.807, 2.05) is 25.1 Å². The van der Waals surface area contributed by atoms with Crippen LogP contribution in [0.1, 0.15) is 13.3 Å². The lowest BCUT2D eigenvalue weighted by Gasteiger charge is -2.19. The Morgan fingerprint density at radius 3 is 2.76 bits per heavy atom. The fourth-order valence-electron chi connectivity index (χ4n) is 1.60. The van der Waals surface area contributed by atoms with Gasteiger partial charge in [-0.2, -0.15) is 0 Å². The number of hydrogen-bond acceptors (Lipinski definition) is 4. The van der Waals surface area contributed by atoms with Crippen LogP contribution in [0, 0.1) is 0 Å². The number of carbonyl (C=O) groups excluding carboxylic acids is 1. The summed E-state index contributed by atoms with van der Waals surface area (Å²) in [5.74, 6) is 1.21. The van der Waals surface area contributed by atoms with Crippen LogP contribution < -0.4 is 15.2 Å². The molecular weight excluding hydrogens is 238 g/mol. The molecule has 1 heterocycles. The zero-order valence-electron chi connectivity index (χ0n) is 9.64. The third-order valence-electron chi connectivity index (χ3n) is 2.48. The smallest absolute Gasteiger partial charge is 0.230 e. The molecule has 0 aromatic heterocycles. The summed E-state index contributed by atoms with van der Waals surface area (Å²) in [7, 11) is 0. The standard InChI is InChI=1S/C12H15NO3S/c1-2-11(12(13)14)17-8-3-4-9-10(7-8)16-6-5-15-9/h3-4,7,11H,2,5-6H2,1H3,(H2,13,14). The van der Waals surface area contributed by atoms with Crippen LogP contribution in [0.3, 0.4) is 0 Å². The van der Waals surface area contributed by atoms with E-state index in [9.17, 15) is 4.79 Å². The molecule has 4 nitrogen and oxygen atoms in total. The largest absolute Gasteiger partial charge is 0.486 e. The quantitative estimate of drug-likeness (QED) is 0.831. The van der Waals surface area contributed by atoms with E-state index in [1.54, 1.807) is 0 Å². The van der Waals surface area contributed by atoms with Gasteiger partial charge in [-0.3, -0.25) is 4.79 Å². The lowest BCUT2D eigenvalue weighted by atomic mass is 10.3. The van der Waals surface area contributed by atoms with Gasteiger partial charge in [-0.05, 0) is 24.6 Å². The highest BCUT2D eigenvalue weighted by Crippen LogP contribution is 2.35. The molecule has 0 saturated heterocycles. The zero-order chi connectivity index (χ0) is 12.3. The molecular formula is C12H15NO3S. The van der Waals surface area contributed by atoms with Gasteiger partial charge >= 0.3 is 0 Å². The van der Waals surface area contributed by atoms with Crippen LogP contribution in [0.15, 0.2) is 23.1 Å². The van der Waals surface area contributed by atoms with Crippen molar-refractivity contribution in [2.24, 2.45) is 5.73 Å². The number of fused-ring (bicyclic) bond motifs is 1. The Labute approximate surface area is 104 Å². The Kier molecular flexibility index (Phi) is 3.78. The molecule has 2 N–H and O–H groups in total. The van der Waals surface area contributed by atoms with E-state index in [0.29, 0.717) is 19.6 Å². The number of primary amides is 1. The number of benzene rings is 1. The zero-order valence-corrected chi connectivity index (χ0v) is 10.5. The molecule has 0 saturated carbocycles. The minimum absolute atomic E-state index is 0.197. The highest BCUT2D eigenvalue weighted by Gasteiger charge is 2.17. The Morgan fingerprint density at radius 1 is 1.41 bits per heavy atom. The third-order valence-corrected chi connectivity index (χ3v) is 3.86. The molecule has 0 aliphatic carbocycles. The number of hydrogen-bond donors (Lipinski definition) is 1. The van der Waals surface area contributed by atoms with Crippen molar-refractivity contribution in [3.63, 3.8) is 0 Å². The molecule has 0 bridgehead atoms. The van der Waals surface area contributed by atoms with Gasteiger partial charge in [-0.1, -0.05) is 6.92 Å². The van der Waals surface area contributed by atoms with Gasteiger partial charge in [-0.15, -0.1) is 11.8 Å². The van der Waals surface area contributed by atoms with Crippen molar-refractivity contribution in [1.29, 1.82) is 0 Å². The van der Waals surface area contributed by atoms with Crippen LogP contribution in [0.4, 0.5) is 0 Å². The second-order valence-corrected chi connectivity index (χ2v) is 5.00. The lowest BCUT2D eigenvalue weighted by Crippen LogP contribution is -2.24. The van der Waals surface area contributed by atoms with E-state index in [2.05, 4.69) is 0 Å². The van der Waals surface area contributed by atoms with Gasteiger partial charge in [0.05, 0.1) is 5.25 Å². The Balaban J connectivity index is 2.14. The van der Waals surface area contributed by atoms with Gasteiger partial charge in [-0.25, -0.2) is 0 Å². The van der Waals surface area contributed by atoms with Crippen molar-refractivity contribution >= 4 is 17.7 Å². The van der Waals surface area contributed by atoms with E-state index in [0.717, 1.165) is 16.4 Å². The van der Waals surface area contributed by atoms with Gasteiger partial charge < -0.3 is 15.2 Å². The molecule has 0 radical (unpaired) electrons. The van der Waals surface area contributed by atoms with Gasteiger partial charge in [0.2, 0.25) is 5.91 Å². The first-order valence-electron chi connectivity index (χ1n) is 5.56. The SMILES string of the molecule is CCC(Sc1ccc2c(c1)OCCO2)C(N)=O. The number of ether oxygens (including phenoxy) is 2. The van der Waals surface area contributed by atoms with Crippen LogP contribution >= 0.6 is 11.8 Å². The molecule has 1 aromatic rings. The molecule has 17 heavy (non-hydrogen) atoms. The van der Waals surface area contributed by atoms with E-state index in [4.69, 9.17) is 15.2 Å². The average Bonchev–Trinajstić information content (AvgIpc) is 2.35. The lowest BCUT2D eigenvalue weighted by molar-refractivity contribution is -0.117. The Bertz CT molecular complexity index is 422. The molecule has 1 aromatic carbocycles. The highest BCUT2D eigenvalue weighted by molar-refractivity contribution is 8.00. The molecule has 1 aliphatic heterocycles. The van der Waals surface area contributed by atoms with Crippen LogP contribution in [0.5, 0.6) is 11.5 Å². The maximum Gasteiger partial charge on any atom is 0.230 e. The molecule has 92 valence electrons. The predicted octanol–water partition coefficient (Wildman–Crippen LogP) is 1.81. The van der Waals surface area contributed by atoms with Crippen molar-refractivity contribution in [3.8, 4) is 11.5 Å². The first kappa shape index (κ1) is 12.1. The normalized spacial score (nSPS) is 15.4. The van der Waals surface area contributed by atoms with Gasteiger partial charge in [0.25, 0.3) is 0 Å². The van der Waals surface area contributed by atoms with Gasteiger partial charge in [0, 0.05) is 4.90 Å². The maximum atomic E-state index is 11.2. The second kappa shape index (κ2) is 5.31. The van der Waals surface area contributed by atoms with Crippen molar-refractivity contribution in [3.05, 3.63) is 18.2 Å². The van der Waals surface area contributed by atoms with Crippen molar-refractivity contribution < 1.29 is 14.3 Å². The molecule has 2 rings (SSSR count). The van der Waals surface area contributed by atoms with Crippen LogP contribution in [0.2, 0.25) is 0 Å². The summed E-state index contributed by atoms with van der Waals surface area (Å²) < 4.78 is 10.9. The number of thioether (sulfide) groups is 1. The molecule has 5 heteroatoms. The number of carbonyl (C=O) groups is 1. The molecule has 1 aliphatic rings. The first-order valence-corrected chi connectivity index (χ1v) is 6.44. The Hall–Kier alpha value is -1.36. The van der Waals surface area contributed by atoms with E-state index < -0.39 is 0 Å². The summed E-state index contributed by atoms with van der Waals surface area (Å²) >= 11 is 1.46. The minimum Gasteiger partial charge on any atom is -0.486 e. The molecule has 1 amide bonds. The highest BCUT2D eigenvalue weighted by atomic mass is 32.2. The average molecular weight is 253 g/mol. The maximum absolute atomic E-state index is 11.2. The van der Waals surface area contributed by atoms with Crippen LogP contribution in [-0.2, 0) is 4.79 Å². The summed E-state index contributed by atoms with van der Waals surface area (Å²) in [6.07, 6.45) is 0.717. The van der Waals surface area contributed by atoms with Crippen molar-refractivity contribution in [2.45, 2.75) is 23.5 Å². The van der Waals surface area contributed by atoms with Crippen LogP contribution in [0.25, 0.3) is 0 Å². The monoisotopic (exact) mass is 253 g/mol. The number of rotatable bonds is 4. The second-order valence-electron chi connectivity index (χ2n) is 3.72.